The van der Waals surface area contributed by atoms with Crippen LogP contribution in [-0.2, 0) is 6.54 Å². The van der Waals surface area contributed by atoms with Crippen molar-refractivity contribution in [1.82, 2.24) is 10.3 Å². The molecule has 0 aliphatic heterocycles. The number of pyridine rings is 1. The zero-order chi connectivity index (χ0) is 13.9. The molecule has 0 radical (unpaired) electrons. The van der Waals surface area contributed by atoms with Crippen molar-refractivity contribution in [3.63, 3.8) is 0 Å². The molecule has 1 aromatic heterocycles. The average molecular weight is 268 g/mol. The lowest BCUT2D eigenvalue weighted by Crippen LogP contribution is -2.30. The van der Waals surface area contributed by atoms with Crippen molar-refractivity contribution in [2.75, 3.05) is 0 Å². The monoisotopic (exact) mass is 268 g/mol. The number of nitrogens with one attached hydrogen (secondary N) is 1. The third-order valence-corrected chi connectivity index (χ3v) is 2.89. The van der Waals surface area contributed by atoms with Crippen molar-refractivity contribution < 1.29 is 13.2 Å². The molecule has 2 aromatic rings. The van der Waals surface area contributed by atoms with Gasteiger partial charge in [-0.1, -0.05) is 24.3 Å². The zero-order valence-electron chi connectivity index (χ0n) is 10.5. The predicted octanol–water partition coefficient (Wildman–Crippen LogP) is 3.67. The van der Waals surface area contributed by atoms with Crippen LogP contribution in [-0.4, -0.2) is 17.2 Å². The van der Waals surface area contributed by atoms with E-state index in [9.17, 15) is 13.2 Å². The van der Waals surface area contributed by atoms with Gasteiger partial charge in [0.05, 0.1) is 11.9 Å². The topological polar surface area (TPSA) is 24.9 Å². The van der Waals surface area contributed by atoms with Gasteiger partial charge in [0.15, 0.2) is 0 Å². The fraction of sp³-hybridized carbons (Fsp3) is 0.357. The Morgan fingerprint density at radius 1 is 1.21 bits per heavy atom. The van der Waals surface area contributed by atoms with E-state index in [1.807, 2.05) is 30.3 Å². The van der Waals surface area contributed by atoms with E-state index in [0.717, 1.165) is 16.5 Å². The molecule has 0 fully saturated rings. The maximum atomic E-state index is 12.2. The van der Waals surface area contributed by atoms with Crippen LogP contribution >= 0.6 is 0 Å². The normalized spacial score (nSPS) is 13.7. The molecule has 0 aliphatic rings. The van der Waals surface area contributed by atoms with Crippen LogP contribution in [0.1, 0.15) is 18.9 Å². The van der Waals surface area contributed by atoms with Gasteiger partial charge in [0.1, 0.15) is 0 Å². The van der Waals surface area contributed by atoms with Crippen molar-refractivity contribution in [3.05, 3.63) is 42.1 Å². The second-order valence-electron chi connectivity index (χ2n) is 4.59. The lowest BCUT2D eigenvalue weighted by Gasteiger charge is -2.16. The third kappa shape index (κ3) is 3.92. The van der Waals surface area contributed by atoms with Gasteiger partial charge in [-0.2, -0.15) is 13.2 Å². The van der Waals surface area contributed by atoms with Gasteiger partial charge in [-0.05, 0) is 18.6 Å². The lowest BCUT2D eigenvalue weighted by atomic mass is 10.1. The van der Waals surface area contributed by atoms with Gasteiger partial charge in [-0.15, -0.1) is 0 Å². The van der Waals surface area contributed by atoms with E-state index in [-0.39, 0.29) is 0 Å². The summed E-state index contributed by atoms with van der Waals surface area (Å²) >= 11 is 0. The largest absolute Gasteiger partial charge is 0.390 e. The van der Waals surface area contributed by atoms with Crippen molar-refractivity contribution in [2.45, 2.75) is 32.1 Å². The van der Waals surface area contributed by atoms with E-state index in [1.165, 1.54) is 6.92 Å². The highest BCUT2D eigenvalue weighted by atomic mass is 19.4. The van der Waals surface area contributed by atoms with Crippen LogP contribution < -0.4 is 5.32 Å². The van der Waals surface area contributed by atoms with Gasteiger partial charge >= 0.3 is 6.18 Å². The summed E-state index contributed by atoms with van der Waals surface area (Å²) in [6.45, 7) is 1.91. The minimum atomic E-state index is -4.14. The predicted molar refractivity (Wildman–Crippen MR) is 68.7 cm³/mol. The number of aromatic nitrogens is 1. The van der Waals surface area contributed by atoms with Gasteiger partial charge in [0.25, 0.3) is 0 Å². The first-order valence-electron chi connectivity index (χ1n) is 6.08. The molecule has 0 spiro atoms. The summed E-state index contributed by atoms with van der Waals surface area (Å²) in [6.07, 6.45) is -3.28. The summed E-state index contributed by atoms with van der Waals surface area (Å²) in [5.74, 6) is 0. The first-order valence-corrected chi connectivity index (χ1v) is 6.08. The molecule has 1 heterocycles. The molecule has 1 N–H and O–H groups in total. The molecule has 5 heteroatoms. The summed E-state index contributed by atoms with van der Waals surface area (Å²) < 4.78 is 36.7. The summed E-state index contributed by atoms with van der Waals surface area (Å²) in [4.78, 5) is 4.27. The van der Waals surface area contributed by atoms with Crippen molar-refractivity contribution >= 4 is 10.9 Å². The van der Waals surface area contributed by atoms with Gasteiger partial charge < -0.3 is 5.32 Å². The Hall–Kier alpha value is -1.62. The van der Waals surface area contributed by atoms with E-state index in [4.69, 9.17) is 0 Å². The van der Waals surface area contributed by atoms with E-state index in [1.54, 1.807) is 6.20 Å². The van der Waals surface area contributed by atoms with Gasteiger partial charge in [-0.25, -0.2) is 0 Å². The Bertz CT molecular complexity index is 546. The van der Waals surface area contributed by atoms with Gasteiger partial charge in [-0.3, -0.25) is 4.98 Å². The SMILES string of the molecule is CC(CC(F)(F)F)NCc1cccc2cccnc12. The molecule has 2 nitrogen and oxygen atoms in total. The fourth-order valence-corrected chi connectivity index (χ4v) is 2.01. The van der Waals surface area contributed by atoms with Crippen LogP contribution in [0.25, 0.3) is 10.9 Å². The van der Waals surface area contributed by atoms with Crippen LogP contribution in [0.4, 0.5) is 13.2 Å². The van der Waals surface area contributed by atoms with Gasteiger partial charge in [0.2, 0.25) is 0 Å². The number of alkyl halides is 3. The molecule has 2 rings (SSSR count). The van der Waals surface area contributed by atoms with E-state index >= 15 is 0 Å². The number of fused-ring (bicyclic) bond motifs is 1. The Kier molecular flexibility index (Phi) is 4.04. The van der Waals surface area contributed by atoms with E-state index in [0.29, 0.717) is 6.54 Å². The van der Waals surface area contributed by atoms with Crippen LogP contribution in [0.15, 0.2) is 36.5 Å². The van der Waals surface area contributed by atoms with E-state index in [2.05, 4.69) is 10.3 Å². The maximum absolute atomic E-state index is 12.2. The molecule has 0 saturated carbocycles. The van der Waals surface area contributed by atoms with Crippen molar-refractivity contribution in [3.8, 4) is 0 Å². The molecular weight excluding hydrogens is 253 g/mol. The first-order chi connectivity index (χ1) is 8.96. The molecule has 1 unspecified atom stereocenters. The average Bonchev–Trinajstić information content (AvgIpc) is 2.34. The maximum Gasteiger partial charge on any atom is 0.390 e. The Morgan fingerprint density at radius 2 is 1.95 bits per heavy atom. The number of halogens is 3. The highest BCUT2D eigenvalue weighted by Crippen LogP contribution is 2.22. The quantitative estimate of drug-likeness (QED) is 0.915. The molecule has 1 atom stereocenters. The Labute approximate surface area is 109 Å². The zero-order valence-corrected chi connectivity index (χ0v) is 10.5. The fourth-order valence-electron chi connectivity index (χ4n) is 2.01. The second-order valence-corrected chi connectivity index (χ2v) is 4.59. The third-order valence-electron chi connectivity index (χ3n) is 2.89. The minimum absolute atomic E-state index is 0.381. The number of benzene rings is 1. The molecule has 19 heavy (non-hydrogen) atoms. The molecule has 1 aromatic carbocycles. The molecule has 0 aliphatic carbocycles. The molecule has 0 bridgehead atoms. The summed E-state index contributed by atoms with van der Waals surface area (Å²) in [5.41, 5.74) is 1.74. The highest BCUT2D eigenvalue weighted by Gasteiger charge is 2.29. The number of para-hydroxylation sites is 1. The smallest absolute Gasteiger partial charge is 0.310 e. The highest BCUT2D eigenvalue weighted by molar-refractivity contribution is 5.81. The van der Waals surface area contributed by atoms with Crippen LogP contribution in [0.5, 0.6) is 0 Å². The van der Waals surface area contributed by atoms with Crippen LogP contribution in [0.2, 0.25) is 0 Å². The lowest BCUT2D eigenvalue weighted by molar-refractivity contribution is -0.139. The van der Waals surface area contributed by atoms with Crippen molar-refractivity contribution in [1.29, 1.82) is 0 Å². The van der Waals surface area contributed by atoms with Gasteiger partial charge in [0, 0.05) is 24.2 Å². The number of hydrogen-bond acceptors (Lipinski definition) is 2. The number of hydrogen-bond donors (Lipinski definition) is 1. The Balaban J connectivity index is 2.06. The first kappa shape index (κ1) is 13.8. The summed E-state index contributed by atoms with van der Waals surface area (Å²) in [6, 6.07) is 8.86. The number of rotatable bonds is 4. The molecule has 0 saturated heterocycles. The Morgan fingerprint density at radius 3 is 2.68 bits per heavy atom. The summed E-state index contributed by atoms with van der Waals surface area (Å²) in [7, 11) is 0. The number of nitrogens with zero attached hydrogens (tertiary/aromatic N) is 1. The van der Waals surface area contributed by atoms with Crippen LogP contribution in [0.3, 0.4) is 0 Å². The molecule has 102 valence electrons. The second kappa shape index (κ2) is 5.57. The van der Waals surface area contributed by atoms with Crippen molar-refractivity contribution in [2.24, 2.45) is 0 Å². The minimum Gasteiger partial charge on any atom is -0.310 e. The summed E-state index contributed by atoms with van der Waals surface area (Å²) in [5, 5.41) is 3.88. The van der Waals surface area contributed by atoms with Crippen LogP contribution in [0, 0.1) is 0 Å². The standard InChI is InChI=1S/C14H15F3N2/c1-10(8-14(15,16)17)19-9-12-5-2-4-11-6-3-7-18-13(11)12/h2-7,10,19H,8-9H2,1H3. The molecular formula is C14H15F3N2. The molecule has 0 amide bonds. The van der Waals surface area contributed by atoms with E-state index < -0.39 is 18.6 Å².